The topological polar surface area (TPSA) is 119 Å². The van der Waals surface area contributed by atoms with Gasteiger partial charge >= 0.3 is 33.9 Å². The normalized spacial score (nSPS) is 16.0. The molecule has 8 heteroatoms. The summed E-state index contributed by atoms with van der Waals surface area (Å²) in [6.45, 7) is 16.8. The van der Waals surface area contributed by atoms with Gasteiger partial charge in [0.25, 0.3) is 0 Å². The first-order valence-electron chi connectivity index (χ1n) is 6.72. The van der Waals surface area contributed by atoms with E-state index in [1.54, 1.807) is 12.2 Å². The van der Waals surface area contributed by atoms with Gasteiger partial charge in [0, 0.05) is 29.9 Å². The van der Waals surface area contributed by atoms with E-state index >= 15 is 0 Å². The summed E-state index contributed by atoms with van der Waals surface area (Å²) in [7, 11) is 0. The molecule has 0 radical (unpaired) electrons. The molecule has 0 unspecified atom stereocenters. The van der Waals surface area contributed by atoms with Crippen molar-refractivity contribution in [3.63, 3.8) is 0 Å². The van der Waals surface area contributed by atoms with Crippen molar-refractivity contribution in [2.24, 2.45) is 0 Å². The number of hydrogen-bond acceptors (Lipinski definition) is 4. The Hall–Kier alpha value is -0.941. The van der Waals surface area contributed by atoms with Gasteiger partial charge in [0.05, 0.1) is 25.4 Å². The second-order valence-electron chi connectivity index (χ2n) is 4.13. The van der Waals surface area contributed by atoms with Crippen LogP contribution >= 0.6 is 0 Å². The number of hydrogen-bond donors (Lipinski definition) is 2. The summed E-state index contributed by atoms with van der Waals surface area (Å²) in [5.41, 5.74) is 0. The first kappa shape index (κ1) is 30.9. The largest absolute Gasteiger partial charge is 0 e. The quantitative estimate of drug-likeness (QED) is 0.311. The maximum atomic E-state index is 9.76. The van der Waals surface area contributed by atoms with E-state index in [2.05, 4.69) is 20.0 Å². The van der Waals surface area contributed by atoms with Crippen molar-refractivity contribution in [3.05, 3.63) is 44.3 Å². The maximum Gasteiger partial charge on any atom is 0 e. The Morgan fingerprint density at radius 3 is 2.00 bits per heavy atom. The summed E-state index contributed by atoms with van der Waals surface area (Å²) in [6, 6.07) is 0. The Balaban J connectivity index is -0.000000256. The van der Waals surface area contributed by atoms with Crippen molar-refractivity contribution in [1.29, 1.82) is 0 Å². The van der Waals surface area contributed by atoms with Crippen LogP contribution in [0.15, 0.2) is 24.3 Å². The minimum atomic E-state index is -0.634. The van der Waals surface area contributed by atoms with Crippen molar-refractivity contribution in [1.82, 2.24) is 0 Å². The zero-order chi connectivity index (χ0) is 18.5. The van der Waals surface area contributed by atoms with Gasteiger partial charge in [-0.05, 0) is 13.3 Å². The summed E-state index contributed by atoms with van der Waals surface area (Å²) in [4.78, 5) is 0. The molecule has 1 fully saturated rings. The molecule has 0 aromatic heterocycles. The van der Waals surface area contributed by atoms with Crippen LogP contribution in [0, 0.1) is 20.0 Å². The number of rotatable bonds is 6. The van der Waals surface area contributed by atoms with Gasteiger partial charge < -0.3 is 19.7 Å². The molecule has 1 saturated heterocycles. The third-order valence-electron chi connectivity index (χ3n) is 2.51. The molecule has 7 nitrogen and oxygen atoms in total. The third-order valence-corrected chi connectivity index (χ3v) is 2.51. The van der Waals surface area contributed by atoms with E-state index in [1.807, 2.05) is 19.1 Å². The van der Waals surface area contributed by atoms with Gasteiger partial charge in [-0.15, -0.1) is 0 Å². The van der Waals surface area contributed by atoms with Crippen LogP contribution < -0.4 is 0 Å². The molecular weight excluding hydrogens is 360 g/mol. The third kappa shape index (κ3) is 21.1. The zero-order valence-corrected chi connectivity index (χ0v) is 14.5. The second-order valence-corrected chi connectivity index (χ2v) is 4.13. The van der Waals surface area contributed by atoms with Crippen LogP contribution in [0.3, 0.4) is 0 Å². The fraction of sp³-hybridized carbons (Fsp3) is 0.562. The minimum absolute atomic E-state index is 0. The van der Waals surface area contributed by atoms with Gasteiger partial charge in [0.15, 0.2) is 6.29 Å². The molecule has 1 heterocycles. The molecule has 0 aromatic rings. The number of allylic oxidation sites excluding steroid dienone is 3. The molecule has 136 valence electrons. The zero-order valence-electron chi connectivity index (χ0n) is 13.4. The summed E-state index contributed by atoms with van der Waals surface area (Å²) in [6.07, 6.45) is 7.19. The SMILES string of the molecule is C/C=C/C=C/[C@H](O)C[C@@H](O)CC1OCCCO1.[C-]#[O+].[C-]#[O+].[C-]#[O+].[Fe]. The number of aliphatic hydroxyl groups excluding tert-OH is 2. The van der Waals surface area contributed by atoms with Gasteiger partial charge in [-0.1, -0.05) is 24.3 Å². The Kier molecular flexibility index (Phi) is 34.7. The van der Waals surface area contributed by atoms with Crippen LogP contribution in [-0.2, 0) is 40.5 Å². The van der Waals surface area contributed by atoms with E-state index in [1.165, 1.54) is 0 Å². The van der Waals surface area contributed by atoms with Gasteiger partial charge in [0.1, 0.15) is 0 Å². The number of ether oxygens (including phenoxy) is 2. The molecule has 24 heavy (non-hydrogen) atoms. The molecule has 0 amide bonds. The van der Waals surface area contributed by atoms with Gasteiger partial charge in [0.2, 0.25) is 0 Å². The van der Waals surface area contributed by atoms with Gasteiger partial charge in [-0.25, -0.2) is 0 Å². The smallest absolute Gasteiger partial charge is 0 e. The van der Waals surface area contributed by atoms with Crippen LogP contribution in [-0.4, -0.2) is 41.9 Å². The molecule has 0 aromatic carbocycles. The molecule has 2 N–H and O–H groups in total. The first-order valence-corrected chi connectivity index (χ1v) is 6.72. The van der Waals surface area contributed by atoms with E-state index in [0.717, 1.165) is 6.42 Å². The fourth-order valence-electron chi connectivity index (χ4n) is 1.65. The van der Waals surface area contributed by atoms with E-state index in [9.17, 15) is 10.2 Å². The molecule has 0 spiro atoms. The molecule has 2 atom stereocenters. The Bertz CT molecular complexity index is 343. The molecule has 1 aliphatic rings. The summed E-state index contributed by atoms with van der Waals surface area (Å²) in [5, 5.41) is 19.4. The molecule has 0 bridgehead atoms. The summed E-state index contributed by atoms with van der Waals surface area (Å²) < 4.78 is 33.2. The van der Waals surface area contributed by atoms with Crippen molar-refractivity contribution in [2.75, 3.05) is 13.2 Å². The van der Waals surface area contributed by atoms with Crippen molar-refractivity contribution in [3.8, 4) is 0 Å². The Labute approximate surface area is 153 Å². The van der Waals surface area contributed by atoms with Crippen LogP contribution in [0.5, 0.6) is 0 Å². The molecule has 1 aliphatic heterocycles. The van der Waals surface area contributed by atoms with E-state index in [0.29, 0.717) is 26.1 Å². The average Bonchev–Trinajstić information content (AvgIpc) is 2.61. The molecule has 0 saturated carbocycles. The Morgan fingerprint density at radius 2 is 1.54 bits per heavy atom. The van der Waals surface area contributed by atoms with Crippen molar-refractivity contribution < 1.29 is 50.7 Å². The van der Waals surface area contributed by atoms with Gasteiger partial charge in [-0.3, -0.25) is 0 Å². The first-order chi connectivity index (χ1) is 11.2. The monoisotopic (exact) mass is 382 g/mol. The number of aliphatic hydroxyl groups is 2. The molecule has 1 rings (SSSR count). The predicted octanol–water partition coefficient (Wildman–Crippen LogP) is 1.27. The van der Waals surface area contributed by atoms with Crippen LogP contribution in [0.4, 0.5) is 0 Å². The maximum absolute atomic E-state index is 9.76. The summed E-state index contributed by atoms with van der Waals surface area (Å²) >= 11 is 0. The standard InChI is InChI=1S/C13H22O4.3CO.Fe/c1-2-3-4-6-11(14)9-12(15)10-13-16-7-5-8-17-13;3*1-2;/h2-4,6,11-15H,5,7-10H2,1H3;;;;/b3-2+,6-4+;;;;/t11-,12+;;;;/m0..../s1. The fourth-order valence-corrected chi connectivity index (χ4v) is 1.65. The van der Waals surface area contributed by atoms with E-state index < -0.39 is 12.2 Å². The van der Waals surface area contributed by atoms with Gasteiger partial charge in [-0.2, -0.15) is 0 Å². The Morgan fingerprint density at radius 1 is 1.04 bits per heavy atom. The second kappa shape index (κ2) is 26.9. The van der Waals surface area contributed by atoms with Crippen molar-refractivity contribution >= 4 is 0 Å². The minimum Gasteiger partial charge on any atom is 0 e. The van der Waals surface area contributed by atoms with E-state index in [4.69, 9.17) is 23.4 Å². The van der Waals surface area contributed by atoms with E-state index in [-0.39, 0.29) is 23.4 Å². The molecule has 0 aliphatic carbocycles. The molecular formula is C16H22FeO7. The van der Waals surface area contributed by atoms with Crippen LogP contribution in [0.1, 0.15) is 26.2 Å². The van der Waals surface area contributed by atoms with Crippen molar-refractivity contribution in [2.45, 2.75) is 44.7 Å². The van der Waals surface area contributed by atoms with Crippen LogP contribution in [0.2, 0.25) is 0 Å². The predicted molar refractivity (Wildman–Crippen MR) is 77.3 cm³/mol. The summed E-state index contributed by atoms with van der Waals surface area (Å²) in [5.74, 6) is 0. The average molecular weight is 382 g/mol. The van der Waals surface area contributed by atoms with Crippen LogP contribution in [0.25, 0.3) is 0 Å².